The lowest BCUT2D eigenvalue weighted by atomic mass is 9.92. The Morgan fingerprint density at radius 1 is 1.08 bits per heavy atom. The number of methoxy groups -OCH3 is 1. The van der Waals surface area contributed by atoms with Crippen molar-refractivity contribution in [2.24, 2.45) is 0 Å². The van der Waals surface area contributed by atoms with Crippen molar-refractivity contribution in [3.8, 4) is 5.75 Å². The topological polar surface area (TPSA) is 170 Å². The second-order valence-electron chi connectivity index (χ2n) is 10.8. The second-order valence-corrected chi connectivity index (χ2v) is 13.6. The summed E-state index contributed by atoms with van der Waals surface area (Å²) in [5.41, 5.74) is 1.69. The molecule has 1 amide bonds. The van der Waals surface area contributed by atoms with Gasteiger partial charge in [0.25, 0.3) is 11.6 Å². The molecular weight excluding hydrogens is 661 g/mol. The van der Waals surface area contributed by atoms with Crippen molar-refractivity contribution >= 4 is 48.7 Å². The van der Waals surface area contributed by atoms with Gasteiger partial charge in [-0.2, -0.15) is 4.31 Å². The van der Waals surface area contributed by atoms with E-state index in [9.17, 15) is 28.4 Å². The first-order chi connectivity index (χ1) is 23.2. The summed E-state index contributed by atoms with van der Waals surface area (Å²) in [7, 11) is -2.45. The SMILES string of the molecule is COc1ccc(S(=O)(=O)N(CCO)CCO[C@H]2C[C@@H](c3csc4ccccc34)C=C(C(=O)NCCNc3ccc([N+](=O)[O-])cc3)O2)cc1. The fourth-order valence-electron chi connectivity index (χ4n) is 5.24. The number of allylic oxidation sites excluding steroid dienone is 1. The number of hydrogen-bond acceptors (Lipinski definition) is 11. The van der Waals surface area contributed by atoms with Crippen LogP contribution >= 0.6 is 11.3 Å². The van der Waals surface area contributed by atoms with Gasteiger partial charge in [0.2, 0.25) is 16.3 Å². The maximum Gasteiger partial charge on any atom is 0.286 e. The fourth-order valence-corrected chi connectivity index (χ4v) is 7.68. The lowest BCUT2D eigenvalue weighted by Gasteiger charge is -2.30. The maximum absolute atomic E-state index is 13.3. The largest absolute Gasteiger partial charge is 0.497 e. The Bertz CT molecular complexity index is 1840. The molecule has 0 bridgehead atoms. The summed E-state index contributed by atoms with van der Waals surface area (Å²) in [6.07, 6.45) is 1.32. The third-order valence-corrected chi connectivity index (χ3v) is 10.6. The number of amides is 1. The summed E-state index contributed by atoms with van der Waals surface area (Å²) in [4.78, 5) is 23.7. The minimum Gasteiger partial charge on any atom is -0.497 e. The highest BCUT2D eigenvalue weighted by Gasteiger charge is 2.31. The molecule has 0 fully saturated rings. The molecule has 2 atom stereocenters. The van der Waals surface area contributed by atoms with Crippen LogP contribution in [0.3, 0.4) is 0 Å². The van der Waals surface area contributed by atoms with E-state index in [1.54, 1.807) is 41.7 Å². The number of hydrogen-bond donors (Lipinski definition) is 3. The van der Waals surface area contributed by atoms with Crippen molar-refractivity contribution in [2.45, 2.75) is 23.5 Å². The molecule has 3 N–H and O–H groups in total. The lowest BCUT2D eigenvalue weighted by Crippen LogP contribution is -2.38. The third-order valence-electron chi connectivity index (χ3n) is 7.70. The first-order valence-electron chi connectivity index (χ1n) is 15.2. The van der Waals surface area contributed by atoms with Crippen LogP contribution in [0.15, 0.2) is 94.9 Å². The smallest absolute Gasteiger partial charge is 0.286 e. The molecule has 13 nitrogen and oxygen atoms in total. The number of nitro benzene ring substituents is 1. The highest BCUT2D eigenvalue weighted by Crippen LogP contribution is 2.38. The second kappa shape index (κ2) is 16.0. The Hall–Kier alpha value is -4.54. The molecule has 4 aromatic rings. The number of nitrogens with zero attached hydrogens (tertiary/aromatic N) is 2. The molecule has 1 aromatic heterocycles. The molecule has 0 aliphatic carbocycles. The Kier molecular flexibility index (Phi) is 11.6. The fraction of sp³-hybridized carbons (Fsp3) is 0.303. The molecule has 0 radical (unpaired) electrons. The van der Waals surface area contributed by atoms with E-state index in [1.807, 2.05) is 24.3 Å². The molecule has 48 heavy (non-hydrogen) atoms. The molecule has 15 heteroatoms. The van der Waals surface area contributed by atoms with Crippen molar-refractivity contribution < 1.29 is 37.5 Å². The average Bonchev–Trinajstić information content (AvgIpc) is 3.54. The van der Waals surface area contributed by atoms with E-state index in [4.69, 9.17) is 14.2 Å². The molecule has 0 unspecified atom stereocenters. The quantitative estimate of drug-likeness (QED) is 0.0864. The minimum absolute atomic E-state index is 0.0139. The van der Waals surface area contributed by atoms with Crippen LogP contribution in [0.2, 0.25) is 0 Å². The van der Waals surface area contributed by atoms with Gasteiger partial charge in [-0.25, -0.2) is 8.42 Å². The highest BCUT2D eigenvalue weighted by molar-refractivity contribution is 7.89. The molecule has 0 saturated carbocycles. The van der Waals surface area contributed by atoms with Gasteiger partial charge in [-0.1, -0.05) is 18.2 Å². The van der Waals surface area contributed by atoms with Crippen molar-refractivity contribution in [2.75, 3.05) is 51.8 Å². The van der Waals surface area contributed by atoms with Crippen LogP contribution in [0.5, 0.6) is 5.75 Å². The van der Waals surface area contributed by atoms with Crippen LogP contribution in [0.1, 0.15) is 17.9 Å². The Labute approximate surface area is 281 Å². The maximum atomic E-state index is 13.3. The molecule has 0 saturated heterocycles. The number of sulfonamides is 1. The number of fused-ring (bicyclic) bond motifs is 1. The number of aliphatic hydroxyl groups excluding tert-OH is 1. The predicted molar refractivity (Wildman–Crippen MR) is 182 cm³/mol. The highest BCUT2D eigenvalue weighted by atomic mass is 32.2. The van der Waals surface area contributed by atoms with Gasteiger partial charge < -0.3 is 30.0 Å². The van der Waals surface area contributed by atoms with Gasteiger partial charge in [0.15, 0.2) is 5.76 Å². The summed E-state index contributed by atoms with van der Waals surface area (Å²) < 4.78 is 46.1. The third kappa shape index (κ3) is 8.48. The number of nitro groups is 1. The van der Waals surface area contributed by atoms with Gasteiger partial charge in [0.05, 0.1) is 30.1 Å². The van der Waals surface area contributed by atoms with Gasteiger partial charge in [-0.15, -0.1) is 11.3 Å². The molecule has 1 aliphatic rings. The van der Waals surface area contributed by atoms with Crippen LogP contribution in [-0.2, 0) is 24.3 Å². The van der Waals surface area contributed by atoms with Crippen molar-refractivity contribution in [1.82, 2.24) is 9.62 Å². The van der Waals surface area contributed by atoms with Crippen LogP contribution in [0.4, 0.5) is 11.4 Å². The number of rotatable bonds is 16. The molecule has 254 valence electrons. The number of carbonyl (C=O) groups is 1. The summed E-state index contributed by atoms with van der Waals surface area (Å²) in [5, 5.41) is 29.6. The number of ether oxygens (including phenoxy) is 3. The van der Waals surface area contributed by atoms with E-state index in [0.29, 0.717) is 24.4 Å². The molecule has 0 spiro atoms. The van der Waals surface area contributed by atoms with Crippen molar-refractivity contribution in [3.05, 3.63) is 106 Å². The van der Waals surface area contributed by atoms with Gasteiger partial charge >= 0.3 is 0 Å². The van der Waals surface area contributed by atoms with Crippen LogP contribution in [-0.4, -0.2) is 81.5 Å². The summed E-state index contributed by atoms with van der Waals surface area (Å²) in [5.74, 6) is -0.0558. The van der Waals surface area contributed by atoms with Gasteiger partial charge in [-0.3, -0.25) is 14.9 Å². The van der Waals surface area contributed by atoms with E-state index in [1.165, 1.54) is 31.4 Å². The van der Waals surface area contributed by atoms with Gasteiger partial charge in [-0.05, 0) is 64.9 Å². The summed E-state index contributed by atoms with van der Waals surface area (Å²) >= 11 is 1.60. The zero-order chi connectivity index (χ0) is 34.1. The van der Waals surface area contributed by atoms with Crippen molar-refractivity contribution in [1.29, 1.82) is 0 Å². The molecule has 2 heterocycles. The van der Waals surface area contributed by atoms with Gasteiger partial charge in [0.1, 0.15) is 5.75 Å². The van der Waals surface area contributed by atoms with Crippen LogP contribution < -0.4 is 15.4 Å². The van der Waals surface area contributed by atoms with Crippen LogP contribution in [0.25, 0.3) is 10.1 Å². The monoisotopic (exact) mass is 696 g/mol. The number of benzene rings is 3. The van der Waals surface area contributed by atoms with E-state index >= 15 is 0 Å². The van der Waals surface area contributed by atoms with Crippen LogP contribution in [0, 0.1) is 10.1 Å². The normalized spacial score (nSPS) is 16.3. The summed E-state index contributed by atoms with van der Waals surface area (Å²) in [6, 6.07) is 19.9. The summed E-state index contributed by atoms with van der Waals surface area (Å²) in [6.45, 7) is -0.0132. The van der Waals surface area contributed by atoms with E-state index < -0.39 is 27.1 Å². The van der Waals surface area contributed by atoms with E-state index in [2.05, 4.69) is 16.0 Å². The minimum atomic E-state index is -3.94. The average molecular weight is 697 g/mol. The number of thiophene rings is 1. The Morgan fingerprint density at radius 2 is 1.83 bits per heavy atom. The first-order valence-corrected chi connectivity index (χ1v) is 17.5. The lowest BCUT2D eigenvalue weighted by molar-refractivity contribution is -0.384. The standard InChI is InChI=1S/C33H36N4O9S2/c1-44-26-10-12-27(13-11-26)48(42,43)36(16-18-38)17-19-45-32-21-23(29-22-47-31-5-3-2-4-28(29)31)20-30(46-32)33(39)35-15-14-34-24-6-8-25(9-7-24)37(40)41/h2-13,20,22-23,32,34,38H,14-19,21H2,1H3,(H,35,39)/t23-,32+/m0/s1. The first kappa shape index (κ1) is 34.8. The Morgan fingerprint density at radius 3 is 2.54 bits per heavy atom. The van der Waals surface area contributed by atoms with Gasteiger partial charge in [0, 0.05) is 61.0 Å². The zero-order valence-corrected chi connectivity index (χ0v) is 27.7. The van der Waals surface area contributed by atoms with E-state index in [0.717, 1.165) is 20.0 Å². The molecule has 5 rings (SSSR count). The molecular formula is C33H36N4O9S2. The number of carbonyl (C=O) groups excluding carboxylic acids is 1. The number of non-ortho nitro benzene ring substituents is 1. The zero-order valence-electron chi connectivity index (χ0n) is 26.1. The number of anilines is 1. The number of aliphatic hydroxyl groups is 1. The molecule has 3 aromatic carbocycles. The molecule has 1 aliphatic heterocycles. The number of nitrogens with one attached hydrogen (secondary N) is 2. The van der Waals surface area contributed by atoms with Crippen molar-refractivity contribution in [3.63, 3.8) is 0 Å². The van der Waals surface area contributed by atoms with E-state index in [-0.39, 0.29) is 55.1 Å². The Balaban J connectivity index is 1.25. The predicted octanol–water partition coefficient (Wildman–Crippen LogP) is 4.46.